The summed E-state index contributed by atoms with van der Waals surface area (Å²) in [6.07, 6.45) is -2.25. The number of likely N-dealkylation sites (N-methyl/N-ethyl adjacent to an activating group) is 1. The number of fused-ring (bicyclic) bond motifs is 1. The molecule has 4 amide bonds. The lowest BCUT2D eigenvalue weighted by molar-refractivity contribution is -0.192. The van der Waals surface area contributed by atoms with Gasteiger partial charge in [0.15, 0.2) is 23.1 Å². The van der Waals surface area contributed by atoms with Crippen molar-refractivity contribution in [2.24, 2.45) is 0 Å². The standard InChI is InChI=1S/C29H37F2N5O4.C2HF3O2/c1-34-12-14-35(15-13-34)28(38)36-11-10-29(19-4-7-24(39-2)25(16-19)40-3)9-8-21(18-26(29)36)33-27(37)32-20-5-6-22(30)23(31)17-20;3-2(4,5)1(6)7/h4-7,16-17,21,26H,8-15,18H2,1-3H3,(H2,32,33,37);(H,6,7)/t21-,26+,29+;/m1./s1. The van der Waals surface area contributed by atoms with Gasteiger partial charge in [0, 0.05) is 62.0 Å². The molecule has 3 fully saturated rings. The van der Waals surface area contributed by atoms with Crippen molar-refractivity contribution in [3.8, 4) is 11.5 Å². The molecule has 3 aliphatic rings. The van der Waals surface area contributed by atoms with Crippen molar-refractivity contribution in [1.82, 2.24) is 20.0 Å². The number of carboxylic acids is 1. The van der Waals surface area contributed by atoms with Crippen LogP contribution in [0.15, 0.2) is 36.4 Å². The van der Waals surface area contributed by atoms with E-state index in [1.165, 1.54) is 6.07 Å². The van der Waals surface area contributed by atoms with Crippen LogP contribution >= 0.6 is 0 Å². The van der Waals surface area contributed by atoms with Gasteiger partial charge in [-0.3, -0.25) is 0 Å². The number of alkyl halides is 3. The molecular weight excluding hydrogens is 633 g/mol. The smallest absolute Gasteiger partial charge is 0.490 e. The number of hydrogen-bond donors (Lipinski definition) is 3. The Kier molecular flexibility index (Phi) is 11.0. The van der Waals surface area contributed by atoms with Crippen LogP contribution in [0.1, 0.15) is 31.2 Å². The van der Waals surface area contributed by atoms with Crippen LogP contribution in [-0.2, 0) is 10.2 Å². The SMILES string of the molecule is COc1ccc([C@@]23CC[C@@H](NC(=O)Nc4ccc(F)c(F)c4)C[C@@H]2N(C(=O)N2CCN(C)CC2)CC3)cc1OC.O=C(O)C(F)(F)F. The molecule has 3 atom stereocenters. The highest BCUT2D eigenvalue weighted by atomic mass is 19.4. The number of methoxy groups -OCH3 is 2. The molecule has 0 bridgehead atoms. The fraction of sp³-hybridized carbons (Fsp3) is 0.516. The van der Waals surface area contributed by atoms with Crippen molar-refractivity contribution in [3.63, 3.8) is 0 Å². The van der Waals surface area contributed by atoms with Crippen molar-refractivity contribution >= 4 is 23.7 Å². The lowest BCUT2D eigenvalue weighted by Gasteiger charge is -2.46. The number of urea groups is 2. The van der Waals surface area contributed by atoms with Gasteiger partial charge in [0.25, 0.3) is 0 Å². The molecule has 2 aromatic rings. The van der Waals surface area contributed by atoms with Crippen LogP contribution < -0.4 is 20.1 Å². The normalized spacial score (nSPS) is 22.8. The Hall–Kier alpha value is -4.34. The zero-order valence-corrected chi connectivity index (χ0v) is 26.2. The fourth-order valence-electron chi connectivity index (χ4n) is 6.50. The van der Waals surface area contributed by atoms with E-state index < -0.39 is 29.8 Å². The first-order valence-corrected chi connectivity index (χ1v) is 15.0. The van der Waals surface area contributed by atoms with Gasteiger partial charge in [-0.25, -0.2) is 23.2 Å². The van der Waals surface area contributed by atoms with Gasteiger partial charge in [-0.1, -0.05) is 6.07 Å². The number of anilines is 1. The average Bonchev–Trinajstić information content (AvgIpc) is 3.42. The zero-order chi connectivity index (χ0) is 34.5. The molecule has 0 spiro atoms. The number of piperazine rings is 1. The minimum atomic E-state index is -5.08. The first-order valence-electron chi connectivity index (χ1n) is 15.0. The number of hydrogen-bond acceptors (Lipinski definition) is 6. The van der Waals surface area contributed by atoms with Crippen LogP contribution in [0.5, 0.6) is 11.5 Å². The van der Waals surface area contributed by atoms with Crippen molar-refractivity contribution in [2.45, 2.75) is 49.4 Å². The maximum atomic E-state index is 13.8. The van der Waals surface area contributed by atoms with Crippen LogP contribution in [-0.4, -0.2) is 110 Å². The quantitative estimate of drug-likeness (QED) is 0.395. The molecule has 2 heterocycles. The number of benzene rings is 2. The van der Waals surface area contributed by atoms with Gasteiger partial charge in [0.1, 0.15) is 0 Å². The number of rotatable bonds is 5. The highest BCUT2D eigenvalue weighted by molar-refractivity contribution is 5.89. The molecule has 2 aliphatic heterocycles. The van der Waals surface area contributed by atoms with E-state index in [9.17, 15) is 31.5 Å². The van der Waals surface area contributed by atoms with E-state index in [0.29, 0.717) is 44.0 Å². The number of nitrogens with one attached hydrogen (secondary N) is 2. The highest BCUT2D eigenvalue weighted by Gasteiger charge is 2.54. The van der Waals surface area contributed by atoms with E-state index in [-0.39, 0.29) is 29.2 Å². The van der Waals surface area contributed by atoms with Crippen molar-refractivity contribution in [1.29, 1.82) is 0 Å². The van der Waals surface area contributed by atoms with E-state index in [2.05, 4.69) is 28.6 Å². The zero-order valence-electron chi connectivity index (χ0n) is 26.2. The molecule has 3 N–H and O–H groups in total. The number of carboxylic acid groups (broad SMARTS) is 1. The summed E-state index contributed by atoms with van der Waals surface area (Å²) in [7, 11) is 5.27. The topological polar surface area (TPSA) is 124 Å². The summed E-state index contributed by atoms with van der Waals surface area (Å²) in [6.45, 7) is 3.65. The largest absolute Gasteiger partial charge is 0.493 e. The molecule has 1 saturated carbocycles. The number of halogens is 5. The molecule has 2 aromatic carbocycles. The summed E-state index contributed by atoms with van der Waals surface area (Å²) in [4.78, 5) is 41.6. The van der Waals surface area contributed by atoms with Crippen molar-refractivity contribution < 1.29 is 50.9 Å². The number of aliphatic carboxylic acids is 1. The average molecular weight is 672 g/mol. The second-order valence-electron chi connectivity index (χ2n) is 11.8. The maximum Gasteiger partial charge on any atom is 0.490 e. The predicted octanol–water partition coefficient (Wildman–Crippen LogP) is 4.67. The summed E-state index contributed by atoms with van der Waals surface area (Å²) >= 11 is 0. The summed E-state index contributed by atoms with van der Waals surface area (Å²) in [5.41, 5.74) is 0.962. The second-order valence-corrected chi connectivity index (χ2v) is 11.8. The van der Waals surface area contributed by atoms with E-state index in [1.54, 1.807) is 14.2 Å². The Morgan fingerprint density at radius 3 is 2.17 bits per heavy atom. The van der Waals surface area contributed by atoms with Crippen LogP contribution in [0.4, 0.5) is 37.2 Å². The third-order valence-electron chi connectivity index (χ3n) is 8.99. The number of nitrogens with zero attached hydrogens (tertiary/aromatic N) is 3. The minimum absolute atomic E-state index is 0.0346. The van der Waals surface area contributed by atoms with Gasteiger partial charge >= 0.3 is 24.2 Å². The van der Waals surface area contributed by atoms with E-state index in [0.717, 1.165) is 43.6 Å². The Morgan fingerprint density at radius 2 is 1.57 bits per heavy atom. The number of likely N-dealkylation sites (tertiary alicyclic amines) is 1. The molecule has 11 nitrogen and oxygen atoms in total. The minimum Gasteiger partial charge on any atom is -0.493 e. The van der Waals surface area contributed by atoms with Gasteiger partial charge in [-0.2, -0.15) is 13.2 Å². The Morgan fingerprint density at radius 1 is 0.915 bits per heavy atom. The number of carbonyl (C=O) groups excluding carboxylic acids is 2. The highest BCUT2D eigenvalue weighted by Crippen LogP contribution is 2.50. The molecule has 0 radical (unpaired) electrons. The first kappa shape index (κ1) is 35.5. The molecule has 258 valence electrons. The van der Waals surface area contributed by atoms with Gasteiger partial charge < -0.3 is 39.9 Å². The van der Waals surface area contributed by atoms with Crippen molar-refractivity contribution in [3.05, 3.63) is 53.6 Å². The van der Waals surface area contributed by atoms with E-state index >= 15 is 0 Å². The number of ether oxygens (including phenoxy) is 2. The molecule has 1 aliphatic carbocycles. The van der Waals surface area contributed by atoms with Crippen LogP contribution in [0.2, 0.25) is 0 Å². The second kappa shape index (κ2) is 14.6. The Balaban J connectivity index is 0.000000644. The summed E-state index contributed by atoms with van der Waals surface area (Å²) in [6, 6.07) is 8.41. The predicted molar refractivity (Wildman–Crippen MR) is 161 cm³/mol. The molecule has 47 heavy (non-hydrogen) atoms. The van der Waals surface area contributed by atoms with E-state index in [4.69, 9.17) is 19.4 Å². The lowest BCUT2D eigenvalue weighted by Crippen LogP contribution is -2.58. The first-order chi connectivity index (χ1) is 22.2. The Labute approximate surface area is 268 Å². The van der Waals surface area contributed by atoms with Gasteiger partial charge in [0.05, 0.1) is 14.2 Å². The van der Waals surface area contributed by atoms with Gasteiger partial charge in [-0.05, 0) is 62.6 Å². The molecule has 0 aromatic heterocycles. The third-order valence-corrected chi connectivity index (χ3v) is 8.99. The molecule has 16 heteroatoms. The third kappa shape index (κ3) is 8.15. The molecule has 2 saturated heterocycles. The summed E-state index contributed by atoms with van der Waals surface area (Å²) in [5.74, 6) is -3.47. The molecule has 5 rings (SSSR count). The van der Waals surface area contributed by atoms with Crippen LogP contribution in [0.25, 0.3) is 0 Å². The number of amides is 4. The molecular formula is C31H38F5N5O6. The number of carbonyl (C=O) groups is 3. The summed E-state index contributed by atoms with van der Waals surface area (Å²) < 4.78 is 69.7. The van der Waals surface area contributed by atoms with Crippen LogP contribution in [0.3, 0.4) is 0 Å². The van der Waals surface area contributed by atoms with E-state index in [1.807, 2.05) is 21.9 Å². The summed E-state index contributed by atoms with van der Waals surface area (Å²) in [5, 5.41) is 12.7. The lowest BCUT2D eigenvalue weighted by atomic mass is 9.65. The van der Waals surface area contributed by atoms with Gasteiger partial charge in [-0.15, -0.1) is 0 Å². The monoisotopic (exact) mass is 671 g/mol. The maximum absolute atomic E-state index is 13.8. The van der Waals surface area contributed by atoms with Crippen molar-refractivity contribution in [2.75, 3.05) is 59.3 Å². The van der Waals surface area contributed by atoms with Gasteiger partial charge in [0.2, 0.25) is 0 Å². The fourth-order valence-corrected chi connectivity index (χ4v) is 6.50. The molecule has 0 unspecified atom stereocenters. The van der Waals surface area contributed by atoms with Crippen LogP contribution in [0, 0.1) is 11.6 Å². The Bertz CT molecular complexity index is 1450.